The number of rotatable bonds is 3. The van der Waals surface area contributed by atoms with E-state index in [-0.39, 0.29) is 0 Å². The molecule has 0 aliphatic heterocycles. The van der Waals surface area contributed by atoms with Gasteiger partial charge in [-0.2, -0.15) is 1.33 Å². The molecule has 0 amide bonds. The molecule has 1 aromatic rings. The fourth-order valence-electron chi connectivity index (χ4n) is 2.20. The Kier molecular flexibility index (Phi) is 4.97. The molecule has 0 bridgehead atoms. The van der Waals surface area contributed by atoms with Crippen LogP contribution in [0.2, 0.25) is 0 Å². The molecule has 0 atom stereocenters. The fraction of sp³-hybridized carbons (Fsp3) is 0.769. The average molecular weight is 666 g/mol. The Morgan fingerprint density at radius 3 is 2.05 bits per heavy atom. The number of nitrogens with zero attached hydrogens (tertiary/aromatic N) is 3. The second-order valence-corrected chi connectivity index (χ2v) is 10.7. The van der Waals surface area contributed by atoms with Gasteiger partial charge in [-0.1, -0.05) is 0 Å². The smallest absolute Gasteiger partial charge is 0.0311 e. The third-order valence-corrected chi connectivity index (χ3v) is 6.47. The summed E-state index contributed by atoms with van der Waals surface area (Å²) in [5.74, 6) is 0. The largest absolute Gasteiger partial charge is 0.185 e. The average Bonchev–Trinajstić information content (AvgIpc) is 3.25. The van der Waals surface area contributed by atoms with Crippen molar-refractivity contribution in [2.45, 2.75) is 63.6 Å². The Hall–Kier alpha value is 1.32. The van der Waals surface area contributed by atoms with Crippen LogP contribution >= 0.6 is 45.7 Å². The summed E-state index contributed by atoms with van der Waals surface area (Å²) in [6, 6.07) is 2.56. The number of hydrogen-bond acceptors (Lipinski definition) is 1. The van der Waals surface area contributed by atoms with Crippen molar-refractivity contribution < 1.29 is 19.4 Å². The molecule has 3 fully saturated rings. The Labute approximate surface area is 153 Å². The minimum Gasteiger partial charge on any atom is -0.185 e. The Morgan fingerprint density at radius 1 is 1.11 bits per heavy atom. The maximum Gasteiger partial charge on any atom is 0.0311 e. The van der Waals surface area contributed by atoms with Crippen molar-refractivity contribution in [2.75, 3.05) is 0 Å². The fourth-order valence-corrected chi connectivity index (χ4v) is 4.69. The van der Waals surface area contributed by atoms with Gasteiger partial charge in [0.1, 0.15) is 0 Å². The number of imidazole rings is 1. The molecule has 19 heavy (non-hydrogen) atoms. The number of aryl methyl sites for hydroxylation is 1. The molecule has 1 heterocycles. The maximum absolute atomic E-state index is 2.51. The molecule has 3 aliphatic carbocycles. The van der Waals surface area contributed by atoms with Crippen LogP contribution in [-0.4, -0.2) is 16.5 Å². The molecule has 110 valence electrons. The van der Waals surface area contributed by atoms with Crippen LogP contribution in [0.3, 0.4) is 0 Å². The van der Waals surface area contributed by atoms with Gasteiger partial charge in [0.05, 0.1) is 0 Å². The third-order valence-electron chi connectivity index (χ3n) is 3.76. The first kappa shape index (κ1) is 15.2. The molecule has 0 saturated heterocycles. The zero-order chi connectivity index (χ0) is 13.6. The predicted octanol–water partition coefficient (Wildman–Crippen LogP) is 4.50. The van der Waals surface area contributed by atoms with Crippen LogP contribution in [0.15, 0.2) is 6.20 Å². The zero-order valence-corrected chi connectivity index (χ0v) is 17.6. The molecule has 6 heteroatoms. The molecule has 0 aromatic carbocycles. The van der Waals surface area contributed by atoms with Crippen molar-refractivity contribution in [2.24, 2.45) is 0 Å². The zero-order valence-electron chi connectivity index (χ0n) is 11.0. The van der Waals surface area contributed by atoms with Crippen LogP contribution in [-0.2, 0) is 19.4 Å². The van der Waals surface area contributed by atoms with Crippen LogP contribution in [0.5, 0.6) is 0 Å². The van der Waals surface area contributed by atoms with Gasteiger partial charge in [0.2, 0.25) is 0 Å². The van der Waals surface area contributed by atoms with E-state index in [1.54, 1.807) is 0 Å². The van der Waals surface area contributed by atoms with E-state index in [0.29, 0.717) is 0 Å². The molecule has 3 nitrogen and oxygen atoms in total. The minimum atomic E-state index is 0.825. The van der Waals surface area contributed by atoms with E-state index in [9.17, 15) is 0 Å². The molecule has 1 aromatic heterocycles. The topological polar surface area (TPSA) is 13.1 Å². The van der Waals surface area contributed by atoms with E-state index in [1.807, 2.05) is 0 Å². The van der Waals surface area contributed by atoms with Gasteiger partial charge in [-0.3, -0.25) is 0 Å². The van der Waals surface area contributed by atoms with Crippen LogP contribution in [0, 0.1) is 10.7 Å². The van der Waals surface area contributed by atoms with Gasteiger partial charge in [-0.05, 0) is 12.8 Å². The molecule has 0 unspecified atom stereocenters. The summed E-state index contributed by atoms with van der Waals surface area (Å²) < 4.78 is 8.65. The summed E-state index contributed by atoms with van der Waals surface area (Å²) in [6.45, 7) is 2.24. The normalized spacial score (nSPS) is 22.4. The Bertz CT molecular complexity index is 510. The summed E-state index contributed by atoms with van der Waals surface area (Å²) in [6.07, 6.45) is 10.7. The molecule has 0 N–H and O–H groups in total. The summed E-state index contributed by atoms with van der Waals surface area (Å²) >= 11 is 7.11. The van der Waals surface area contributed by atoms with E-state index >= 15 is 0 Å². The van der Waals surface area contributed by atoms with E-state index in [4.69, 9.17) is 0 Å². The van der Waals surface area contributed by atoms with Crippen molar-refractivity contribution in [3.8, 4) is 0 Å². The van der Waals surface area contributed by atoms with Crippen molar-refractivity contribution in [1.82, 2.24) is 10.5 Å². The second kappa shape index (κ2) is 6.21. The molecule has 0 spiro atoms. The standard InChI is InChI=1S/C10H14N2.C3H5I2N.Pt/c1-8-6-11(9-2-3-9)7-12(8)10-4-5-10;4-6(5)3-1-2-3;/h6,9-10H,2-5H2,1H3;3H,1-2H2;. The van der Waals surface area contributed by atoms with E-state index in [2.05, 4.69) is 88.7 Å². The van der Waals surface area contributed by atoms with Crippen LogP contribution in [0.4, 0.5) is 0 Å². The quantitative estimate of drug-likeness (QED) is 0.343. The summed E-state index contributed by atoms with van der Waals surface area (Å²) in [5, 5.41) is 0. The van der Waals surface area contributed by atoms with E-state index < -0.39 is 0 Å². The number of aromatic nitrogens is 2. The van der Waals surface area contributed by atoms with Crippen molar-refractivity contribution >= 4 is 45.7 Å². The second-order valence-electron chi connectivity index (χ2n) is 5.74. The van der Waals surface area contributed by atoms with Gasteiger partial charge < -0.3 is 0 Å². The first-order chi connectivity index (χ1) is 9.08. The van der Waals surface area contributed by atoms with Gasteiger partial charge in [0.15, 0.2) is 0 Å². The van der Waals surface area contributed by atoms with Crippen LogP contribution in [0.1, 0.15) is 56.3 Å². The monoisotopic (exact) mass is 666 g/mol. The van der Waals surface area contributed by atoms with Crippen LogP contribution in [0.25, 0.3) is 0 Å². The molecule has 0 radical (unpaired) electrons. The van der Waals surface area contributed by atoms with Crippen molar-refractivity contribution in [3.63, 3.8) is 0 Å². The van der Waals surface area contributed by atoms with Gasteiger partial charge in [0.25, 0.3) is 0 Å². The SMILES string of the molecule is Cc1cn(C2CC2)[c](=[Pt])n1C1CC1.IN(I)C1CC1. The summed E-state index contributed by atoms with van der Waals surface area (Å²) in [5.41, 5.74) is 1.44. The van der Waals surface area contributed by atoms with Crippen molar-refractivity contribution in [3.05, 3.63) is 15.7 Å². The van der Waals surface area contributed by atoms with Gasteiger partial charge in [-0.25, -0.2) is 0 Å². The van der Waals surface area contributed by atoms with E-state index in [1.165, 1.54) is 48.0 Å². The van der Waals surface area contributed by atoms with E-state index in [0.717, 1.165) is 18.1 Å². The summed E-state index contributed by atoms with van der Waals surface area (Å²) in [7, 11) is 0. The molecular formula is C13H19I2N3Pt. The Morgan fingerprint density at radius 2 is 1.68 bits per heavy atom. The minimum absolute atomic E-state index is 0.825. The first-order valence-electron chi connectivity index (χ1n) is 6.94. The van der Waals surface area contributed by atoms with Gasteiger partial charge in [-0.15, -0.1) is 0 Å². The predicted molar refractivity (Wildman–Crippen MR) is 89.8 cm³/mol. The number of hydrogen-bond donors (Lipinski definition) is 0. The molecule has 3 aliphatic rings. The van der Waals surface area contributed by atoms with Crippen LogP contribution < -0.4 is 0 Å². The third kappa shape index (κ3) is 3.95. The first-order valence-corrected chi connectivity index (χ1v) is 10.0. The van der Waals surface area contributed by atoms with Crippen molar-refractivity contribution in [1.29, 1.82) is 0 Å². The van der Waals surface area contributed by atoms with Gasteiger partial charge in [0, 0.05) is 51.8 Å². The molecular weight excluding hydrogens is 647 g/mol. The number of halogens is 2. The summed E-state index contributed by atoms with van der Waals surface area (Å²) in [4.78, 5) is 0. The molecule has 3 saturated carbocycles. The molecule has 4 rings (SSSR count). The Balaban J connectivity index is 0.000000155. The van der Waals surface area contributed by atoms with Gasteiger partial charge >= 0.3 is 88.9 Å². The maximum atomic E-state index is 2.51.